The van der Waals surface area contributed by atoms with Crippen LogP contribution < -0.4 is 9.47 Å². The molecule has 124 valence electrons. The summed E-state index contributed by atoms with van der Waals surface area (Å²) in [6.45, 7) is 7.68. The van der Waals surface area contributed by atoms with E-state index in [1.807, 2.05) is 12.1 Å². The number of hydrogen-bond acceptors (Lipinski definition) is 4. The molecular formula is C19H24O4. The molecule has 4 rings (SSSR count). The van der Waals surface area contributed by atoms with E-state index in [0.29, 0.717) is 18.4 Å². The van der Waals surface area contributed by atoms with E-state index in [0.717, 1.165) is 17.1 Å². The lowest BCUT2D eigenvalue weighted by Crippen LogP contribution is -2.53. The highest BCUT2D eigenvalue weighted by molar-refractivity contribution is 5.45. The van der Waals surface area contributed by atoms with Gasteiger partial charge in [0.15, 0.2) is 11.5 Å². The van der Waals surface area contributed by atoms with E-state index in [1.165, 1.54) is 5.57 Å². The number of allylic oxidation sites excluding steroid dienone is 1. The second-order valence-electron chi connectivity index (χ2n) is 7.25. The van der Waals surface area contributed by atoms with Crippen LogP contribution in [0.15, 0.2) is 29.8 Å². The lowest BCUT2D eigenvalue weighted by Gasteiger charge is -2.55. The highest BCUT2D eigenvalue weighted by Crippen LogP contribution is 2.56. The Balaban J connectivity index is 1.73. The molecule has 5 atom stereocenters. The summed E-state index contributed by atoms with van der Waals surface area (Å²) < 4.78 is 17.2. The Kier molecular flexibility index (Phi) is 3.43. The van der Waals surface area contributed by atoms with E-state index in [9.17, 15) is 5.11 Å². The van der Waals surface area contributed by atoms with E-state index >= 15 is 0 Å². The standard InChI is InChI=1S/C19H24O4/c1-11-6-12(2)19(8-20)9-21-18(17(11)13(19)3)14-4-5-15-16(7-14)23-10-22-15/h4-7,12-13,17-18,20H,8-10H2,1-3H3/t12-,13+,17-,18-,19-/m1/s1. The number of benzene rings is 1. The van der Waals surface area contributed by atoms with E-state index in [-0.39, 0.29) is 30.8 Å². The molecule has 1 N–H and O–H groups in total. The molecule has 0 radical (unpaired) electrons. The molecule has 0 spiro atoms. The van der Waals surface area contributed by atoms with Gasteiger partial charge in [0.05, 0.1) is 19.3 Å². The Bertz CT molecular complexity index is 653. The average Bonchev–Trinajstić information content (AvgIpc) is 3.00. The summed E-state index contributed by atoms with van der Waals surface area (Å²) in [4.78, 5) is 0. The third-order valence-electron chi connectivity index (χ3n) is 6.27. The maximum Gasteiger partial charge on any atom is 0.231 e. The minimum absolute atomic E-state index is 0.00271. The number of ether oxygens (including phenoxy) is 3. The van der Waals surface area contributed by atoms with Gasteiger partial charge >= 0.3 is 0 Å². The normalized spacial score (nSPS) is 38.3. The largest absolute Gasteiger partial charge is 0.454 e. The van der Waals surface area contributed by atoms with Gasteiger partial charge in [0.1, 0.15) is 0 Å². The molecule has 1 aliphatic carbocycles. The first-order valence-corrected chi connectivity index (χ1v) is 8.37. The van der Waals surface area contributed by atoms with Gasteiger partial charge in [-0.15, -0.1) is 0 Å². The Morgan fingerprint density at radius 2 is 2.00 bits per heavy atom. The maximum absolute atomic E-state index is 10.1. The second kappa shape index (κ2) is 5.25. The van der Waals surface area contributed by atoms with Crippen molar-refractivity contribution < 1.29 is 19.3 Å². The van der Waals surface area contributed by atoms with E-state index in [4.69, 9.17) is 14.2 Å². The van der Waals surface area contributed by atoms with Crippen molar-refractivity contribution in [2.75, 3.05) is 20.0 Å². The van der Waals surface area contributed by atoms with Crippen LogP contribution in [0.2, 0.25) is 0 Å². The predicted molar refractivity (Wildman–Crippen MR) is 86.4 cm³/mol. The first kappa shape index (κ1) is 15.0. The zero-order chi connectivity index (χ0) is 16.2. The molecular weight excluding hydrogens is 292 g/mol. The number of hydrogen-bond donors (Lipinski definition) is 1. The second-order valence-corrected chi connectivity index (χ2v) is 7.25. The molecule has 4 nitrogen and oxygen atoms in total. The minimum atomic E-state index is -0.170. The summed E-state index contributed by atoms with van der Waals surface area (Å²) >= 11 is 0. The third-order valence-corrected chi connectivity index (χ3v) is 6.27. The SMILES string of the molecule is CC1=C[C@@H](C)[C@@]2(CO)CO[C@H](c3ccc4c(c3)OCO4)[C@H]1[C@@H]2C. The number of aliphatic hydroxyl groups excluding tert-OH is 1. The first-order valence-electron chi connectivity index (χ1n) is 8.37. The van der Waals surface area contributed by atoms with Crippen LogP contribution in [0, 0.1) is 23.2 Å². The van der Waals surface area contributed by atoms with Gasteiger partial charge in [-0.1, -0.05) is 31.6 Å². The molecule has 1 fully saturated rings. The number of rotatable bonds is 2. The highest BCUT2D eigenvalue weighted by atomic mass is 16.7. The van der Waals surface area contributed by atoms with Gasteiger partial charge in [-0.3, -0.25) is 0 Å². The van der Waals surface area contributed by atoms with Crippen LogP contribution >= 0.6 is 0 Å². The van der Waals surface area contributed by atoms with Gasteiger partial charge in [0.2, 0.25) is 6.79 Å². The molecule has 1 aromatic carbocycles. The topological polar surface area (TPSA) is 47.9 Å². The van der Waals surface area contributed by atoms with Gasteiger partial charge < -0.3 is 19.3 Å². The summed E-state index contributed by atoms with van der Waals surface area (Å²) in [5, 5.41) is 10.1. The summed E-state index contributed by atoms with van der Waals surface area (Å²) in [6.07, 6.45) is 2.33. The molecule has 23 heavy (non-hydrogen) atoms. The minimum Gasteiger partial charge on any atom is -0.454 e. The summed E-state index contributed by atoms with van der Waals surface area (Å²) in [6, 6.07) is 6.07. The average molecular weight is 316 g/mol. The van der Waals surface area contributed by atoms with Crippen LogP contribution in [0.4, 0.5) is 0 Å². The van der Waals surface area contributed by atoms with Crippen LogP contribution in [0.1, 0.15) is 32.4 Å². The van der Waals surface area contributed by atoms with Crippen LogP contribution in [0.25, 0.3) is 0 Å². The van der Waals surface area contributed by atoms with Crippen LogP contribution in [-0.2, 0) is 4.74 Å². The first-order chi connectivity index (χ1) is 11.1. The Labute approximate surface area is 137 Å². The van der Waals surface area contributed by atoms with Gasteiger partial charge in [-0.05, 0) is 36.5 Å². The molecule has 4 heteroatoms. The van der Waals surface area contributed by atoms with Crippen LogP contribution in [-0.4, -0.2) is 25.1 Å². The Morgan fingerprint density at radius 3 is 2.78 bits per heavy atom. The molecule has 2 bridgehead atoms. The molecule has 0 unspecified atom stereocenters. The molecule has 0 aromatic heterocycles. The fourth-order valence-corrected chi connectivity index (χ4v) is 4.68. The number of fused-ring (bicyclic) bond motifs is 3. The summed E-state index contributed by atoms with van der Waals surface area (Å²) in [5.74, 6) is 2.58. The molecule has 0 saturated carbocycles. The summed E-state index contributed by atoms with van der Waals surface area (Å²) in [5.41, 5.74) is 2.31. The predicted octanol–water partition coefficient (Wildman–Crippen LogP) is 3.31. The van der Waals surface area contributed by atoms with E-state index in [1.54, 1.807) is 0 Å². The van der Waals surface area contributed by atoms with Gasteiger partial charge in [-0.2, -0.15) is 0 Å². The third kappa shape index (κ3) is 2.05. The number of aliphatic hydroxyl groups is 1. The van der Waals surface area contributed by atoms with Crippen molar-refractivity contribution in [3.05, 3.63) is 35.4 Å². The van der Waals surface area contributed by atoms with E-state index < -0.39 is 0 Å². The van der Waals surface area contributed by atoms with Crippen molar-refractivity contribution in [1.29, 1.82) is 0 Å². The Hall–Kier alpha value is -1.52. The molecule has 2 heterocycles. The smallest absolute Gasteiger partial charge is 0.231 e. The van der Waals surface area contributed by atoms with E-state index in [2.05, 4.69) is 32.9 Å². The molecule has 2 aliphatic heterocycles. The van der Waals surface area contributed by atoms with Crippen molar-refractivity contribution >= 4 is 0 Å². The van der Waals surface area contributed by atoms with Gasteiger partial charge in [0, 0.05) is 11.3 Å². The van der Waals surface area contributed by atoms with Crippen molar-refractivity contribution in [2.45, 2.75) is 26.9 Å². The molecule has 1 saturated heterocycles. The highest BCUT2D eigenvalue weighted by Gasteiger charge is 2.53. The lowest BCUT2D eigenvalue weighted by molar-refractivity contribution is -0.165. The molecule has 1 aromatic rings. The van der Waals surface area contributed by atoms with Gasteiger partial charge in [0.25, 0.3) is 0 Å². The lowest BCUT2D eigenvalue weighted by atomic mass is 9.56. The quantitative estimate of drug-likeness (QED) is 0.850. The summed E-state index contributed by atoms with van der Waals surface area (Å²) in [7, 11) is 0. The Morgan fingerprint density at radius 1 is 1.22 bits per heavy atom. The molecule has 3 aliphatic rings. The van der Waals surface area contributed by atoms with Crippen molar-refractivity contribution in [3.8, 4) is 11.5 Å². The fourth-order valence-electron chi connectivity index (χ4n) is 4.68. The van der Waals surface area contributed by atoms with Crippen LogP contribution in [0.5, 0.6) is 11.5 Å². The monoisotopic (exact) mass is 316 g/mol. The zero-order valence-corrected chi connectivity index (χ0v) is 13.9. The van der Waals surface area contributed by atoms with Crippen molar-refractivity contribution in [2.24, 2.45) is 23.2 Å². The fraction of sp³-hybridized carbons (Fsp3) is 0.579. The maximum atomic E-state index is 10.1. The van der Waals surface area contributed by atoms with Crippen molar-refractivity contribution in [3.63, 3.8) is 0 Å². The zero-order valence-electron chi connectivity index (χ0n) is 13.9. The molecule has 0 amide bonds. The van der Waals surface area contributed by atoms with Gasteiger partial charge in [-0.25, -0.2) is 0 Å². The van der Waals surface area contributed by atoms with Crippen LogP contribution in [0.3, 0.4) is 0 Å². The van der Waals surface area contributed by atoms with Crippen molar-refractivity contribution in [1.82, 2.24) is 0 Å².